The lowest BCUT2D eigenvalue weighted by molar-refractivity contribution is 0.477. The van der Waals surface area contributed by atoms with Crippen LogP contribution in [-0.4, -0.2) is 15.1 Å². The van der Waals surface area contributed by atoms with Crippen LogP contribution < -0.4 is 5.32 Å². The standard InChI is InChI=1S/C15H13N3OS/c1-10-6-7-16-14(8-10)18-15-17-12(9-20-15)11-4-2-3-5-13(11)19/h2-9,19H,1H3,(H,16,17,18). The molecule has 2 heterocycles. The van der Waals surface area contributed by atoms with Crippen LogP contribution in [0.15, 0.2) is 48.0 Å². The van der Waals surface area contributed by atoms with Crippen LogP contribution in [0, 0.1) is 6.92 Å². The maximum atomic E-state index is 9.83. The maximum absolute atomic E-state index is 9.83. The highest BCUT2D eigenvalue weighted by Gasteiger charge is 2.08. The molecule has 0 amide bonds. The molecule has 1 aromatic carbocycles. The molecule has 0 spiro atoms. The van der Waals surface area contributed by atoms with Crippen LogP contribution in [0.3, 0.4) is 0 Å². The zero-order valence-corrected chi connectivity index (χ0v) is 11.7. The summed E-state index contributed by atoms with van der Waals surface area (Å²) >= 11 is 1.48. The topological polar surface area (TPSA) is 58.0 Å². The van der Waals surface area contributed by atoms with Gasteiger partial charge in [-0.05, 0) is 36.8 Å². The number of pyridine rings is 1. The number of phenolic OH excluding ortho intramolecular Hbond substituents is 1. The van der Waals surface area contributed by atoms with E-state index in [2.05, 4.69) is 15.3 Å². The van der Waals surface area contributed by atoms with Crippen LogP contribution in [0.2, 0.25) is 0 Å². The van der Waals surface area contributed by atoms with Gasteiger partial charge < -0.3 is 10.4 Å². The minimum absolute atomic E-state index is 0.234. The van der Waals surface area contributed by atoms with Gasteiger partial charge in [-0.15, -0.1) is 11.3 Å². The van der Waals surface area contributed by atoms with E-state index < -0.39 is 0 Å². The van der Waals surface area contributed by atoms with Gasteiger partial charge in [0.25, 0.3) is 0 Å². The number of aromatic hydroxyl groups is 1. The quantitative estimate of drug-likeness (QED) is 0.763. The predicted octanol–water partition coefficient (Wildman–Crippen LogP) is 3.96. The average molecular weight is 283 g/mol. The third kappa shape index (κ3) is 2.62. The van der Waals surface area contributed by atoms with Gasteiger partial charge >= 0.3 is 0 Å². The number of aryl methyl sites for hydroxylation is 1. The van der Waals surface area contributed by atoms with Gasteiger partial charge in [0.15, 0.2) is 5.13 Å². The number of nitrogens with one attached hydrogen (secondary N) is 1. The normalized spacial score (nSPS) is 10.4. The summed E-state index contributed by atoms with van der Waals surface area (Å²) in [5.74, 6) is 1.00. The summed E-state index contributed by atoms with van der Waals surface area (Å²) < 4.78 is 0. The zero-order valence-electron chi connectivity index (χ0n) is 10.9. The van der Waals surface area contributed by atoms with E-state index in [1.54, 1.807) is 18.3 Å². The summed E-state index contributed by atoms with van der Waals surface area (Å²) in [7, 11) is 0. The molecule has 0 radical (unpaired) electrons. The van der Waals surface area contributed by atoms with Gasteiger partial charge in [0, 0.05) is 17.1 Å². The van der Waals surface area contributed by atoms with Gasteiger partial charge in [-0.1, -0.05) is 12.1 Å². The van der Waals surface area contributed by atoms with Gasteiger partial charge in [-0.25, -0.2) is 9.97 Å². The van der Waals surface area contributed by atoms with Crippen molar-refractivity contribution < 1.29 is 5.11 Å². The molecule has 2 aromatic heterocycles. The van der Waals surface area contributed by atoms with Crippen molar-refractivity contribution in [3.63, 3.8) is 0 Å². The molecule has 2 N–H and O–H groups in total. The summed E-state index contributed by atoms with van der Waals surface area (Å²) in [5, 5.41) is 15.7. The molecular formula is C15H13N3OS. The first-order valence-electron chi connectivity index (χ1n) is 6.16. The predicted molar refractivity (Wildman–Crippen MR) is 81.5 cm³/mol. The van der Waals surface area contributed by atoms with E-state index in [0.717, 1.165) is 27.8 Å². The summed E-state index contributed by atoms with van der Waals surface area (Å²) in [4.78, 5) is 8.71. The Morgan fingerprint density at radius 1 is 1.20 bits per heavy atom. The summed E-state index contributed by atoms with van der Waals surface area (Å²) in [6, 6.07) is 11.1. The van der Waals surface area contributed by atoms with Gasteiger partial charge in [0.1, 0.15) is 11.6 Å². The number of aromatic nitrogens is 2. The Balaban J connectivity index is 1.86. The third-order valence-corrected chi connectivity index (χ3v) is 3.59. The SMILES string of the molecule is Cc1ccnc(Nc2nc(-c3ccccc3O)cs2)c1. The summed E-state index contributed by atoms with van der Waals surface area (Å²) in [6.45, 7) is 2.02. The van der Waals surface area contributed by atoms with E-state index in [0.29, 0.717) is 0 Å². The van der Waals surface area contributed by atoms with Gasteiger partial charge in [-0.3, -0.25) is 0 Å². The molecule has 0 fully saturated rings. The van der Waals surface area contributed by atoms with Gasteiger partial charge in [0.2, 0.25) is 0 Å². The fourth-order valence-corrected chi connectivity index (χ4v) is 2.58. The minimum Gasteiger partial charge on any atom is -0.507 e. The van der Waals surface area contributed by atoms with Crippen molar-refractivity contribution >= 4 is 22.3 Å². The molecule has 5 heteroatoms. The van der Waals surface area contributed by atoms with E-state index in [-0.39, 0.29) is 5.75 Å². The fraction of sp³-hybridized carbons (Fsp3) is 0.0667. The van der Waals surface area contributed by atoms with Crippen molar-refractivity contribution in [2.75, 3.05) is 5.32 Å². The van der Waals surface area contributed by atoms with Crippen LogP contribution in [0.5, 0.6) is 5.75 Å². The lowest BCUT2D eigenvalue weighted by Gasteiger charge is -2.02. The first-order valence-corrected chi connectivity index (χ1v) is 7.04. The molecule has 0 aliphatic rings. The van der Waals surface area contributed by atoms with E-state index in [9.17, 15) is 5.11 Å². The molecule has 100 valence electrons. The molecule has 0 bridgehead atoms. The van der Waals surface area contributed by atoms with Crippen LogP contribution in [0.25, 0.3) is 11.3 Å². The molecule has 0 aliphatic heterocycles. The Morgan fingerprint density at radius 3 is 2.85 bits per heavy atom. The number of hydrogen-bond donors (Lipinski definition) is 2. The second-order valence-electron chi connectivity index (χ2n) is 4.40. The Bertz CT molecular complexity index is 739. The van der Waals surface area contributed by atoms with Crippen molar-refractivity contribution in [1.29, 1.82) is 0 Å². The molecule has 4 nitrogen and oxygen atoms in total. The first-order chi connectivity index (χ1) is 9.72. The molecule has 0 atom stereocenters. The molecule has 0 unspecified atom stereocenters. The second-order valence-corrected chi connectivity index (χ2v) is 5.26. The van der Waals surface area contributed by atoms with Crippen molar-refractivity contribution in [1.82, 2.24) is 9.97 Å². The lowest BCUT2D eigenvalue weighted by Crippen LogP contribution is -1.93. The number of anilines is 2. The number of benzene rings is 1. The van der Waals surface area contributed by atoms with E-state index in [1.165, 1.54) is 11.3 Å². The number of thiazole rings is 1. The number of nitrogens with zero attached hydrogens (tertiary/aromatic N) is 2. The highest BCUT2D eigenvalue weighted by atomic mass is 32.1. The average Bonchev–Trinajstić information content (AvgIpc) is 2.87. The Kier molecular flexibility index (Phi) is 3.35. The Labute approximate surface area is 120 Å². The largest absolute Gasteiger partial charge is 0.507 e. The van der Waals surface area contributed by atoms with Crippen molar-refractivity contribution in [2.45, 2.75) is 6.92 Å². The number of para-hydroxylation sites is 1. The number of rotatable bonds is 3. The Hall–Kier alpha value is -2.40. The maximum Gasteiger partial charge on any atom is 0.188 e. The Morgan fingerprint density at radius 2 is 2.05 bits per heavy atom. The highest BCUT2D eigenvalue weighted by Crippen LogP contribution is 2.31. The molecule has 3 aromatic rings. The molecule has 3 rings (SSSR count). The summed E-state index contributed by atoms with van der Waals surface area (Å²) in [5.41, 5.74) is 2.62. The zero-order chi connectivity index (χ0) is 13.9. The highest BCUT2D eigenvalue weighted by molar-refractivity contribution is 7.14. The van der Waals surface area contributed by atoms with E-state index in [1.807, 2.05) is 36.6 Å². The smallest absolute Gasteiger partial charge is 0.188 e. The number of hydrogen-bond acceptors (Lipinski definition) is 5. The van der Waals surface area contributed by atoms with Gasteiger partial charge in [0.05, 0.1) is 5.69 Å². The van der Waals surface area contributed by atoms with Crippen LogP contribution in [0.4, 0.5) is 10.9 Å². The number of phenols is 1. The lowest BCUT2D eigenvalue weighted by atomic mass is 10.1. The molecule has 20 heavy (non-hydrogen) atoms. The van der Waals surface area contributed by atoms with E-state index in [4.69, 9.17) is 0 Å². The van der Waals surface area contributed by atoms with Crippen molar-refractivity contribution in [3.8, 4) is 17.0 Å². The van der Waals surface area contributed by atoms with Crippen LogP contribution in [-0.2, 0) is 0 Å². The van der Waals surface area contributed by atoms with Crippen LogP contribution >= 0.6 is 11.3 Å². The van der Waals surface area contributed by atoms with Crippen LogP contribution in [0.1, 0.15) is 5.56 Å². The van der Waals surface area contributed by atoms with E-state index >= 15 is 0 Å². The first kappa shape index (κ1) is 12.6. The molecule has 0 saturated carbocycles. The van der Waals surface area contributed by atoms with Crippen molar-refractivity contribution in [2.24, 2.45) is 0 Å². The third-order valence-electron chi connectivity index (χ3n) is 2.83. The summed E-state index contributed by atoms with van der Waals surface area (Å²) in [6.07, 6.45) is 1.76. The monoisotopic (exact) mass is 283 g/mol. The van der Waals surface area contributed by atoms with Crippen molar-refractivity contribution in [3.05, 3.63) is 53.5 Å². The van der Waals surface area contributed by atoms with Gasteiger partial charge in [-0.2, -0.15) is 0 Å². The molecule has 0 aliphatic carbocycles. The fourth-order valence-electron chi connectivity index (χ4n) is 1.86. The second kappa shape index (κ2) is 5.30. The minimum atomic E-state index is 0.234. The molecular weight excluding hydrogens is 270 g/mol. The molecule has 0 saturated heterocycles.